The topological polar surface area (TPSA) is 74.8 Å². The van der Waals surface area contributed by atoms with Crippen molar-refractivity contribution >= 4 is 43.7 Å². The van der Waals surface area contributed by atoms with Gasteiger partial charge in [0.1, 0.15) is 11.6 Å². The monoisotopic (exact) mass is 494 g/mol. The van der Waals surface area contributed by atoms with Crippen molar-refractivity contribution in [1.82, 2.24) is 9.21 Å². The van der Waals surface area contributed by atoms with E-state index in [1.807, 2.05) is 0 Å². The molecule has 1 fully saturated rings. The summed E-state index contributed by atoms with van der Waals surface area (Å²) in [5.74, 6) is -1.84. The van der Waals surface area contributed by atoms with E-state index in [0.717, 1.165) is 0 Å². The molecule has 9 heteroatoms. The van der Waals surface area contributed by atoms with Crippen molar-refractivity contribution in [2.75, 3.05) is 31.9 Å². The maximum absolute atomic E-state index is 13.8. The highest BCUT2D eigenvalue weighted by atomic mass is 79.9. The molecule has 0 aromatic heterocycles. The van der Waals surface area contributed by atoms with E-state index >= 15 is 0 Å². The van der Waals surface area contributed by atoms with Crippen molar-refractivity contribution in [2.24, 2.45) is 0 Å². The fraction of sp³-hybridized carbons (Fsp3) is 0.238. The highest BCUT2D eigenvalue weighted by Crippen LogP contribution is 2.17. The van der Waals surface area contributed by atoms with Crippen LogP contribution >= 0.6 is 15.9 Å². The third-order valence-corrected chi connectivity index (χ3v) is 6.99. The fourth-order valence-corrected chi connectivity index (χ4v) is 4.79. The molecule has 1 heterocycles. The van der Waals surface area contributed by atoms with Gasteiger partial charge in [0.05, 0.1) is 0 Å². The molecule has 30 heavy (non-hydrogen) atoms. The van der Waals surface area contributed by atoms with Gasteiger partial charge in [0.2, 0.25) is 15.9 Å². The first kappa shape index (κ1) is 22.3. The Balaban J connectivity index is 1.56. The molecule has 0 unspecified atom stereocenters. The van der Waals surface area contributed by atoms with Gasteiger partial charge >= 0.3 is 0 Å². The molecule has 3 rings (SSSR count). The molecule has 1 amide bonds. The zero-order valence-corrected chi connectivity index (χ0v) is 18.4. The number of hydrogen-bond donors (Lipinski definition) is 0. The molecule has 1 aliphatic heterocycles. The molecule has 0 saturated carbocycles. The van der Waals surface area contributed by atoms with Gasteiger partial charge in [0.25, 0.3) is 0 Å². The van der Waals surface area contributed by atoms with E-state index in [-0.39, 0.29) is 37.6 Å². The van der Waals surface area contributed by atoms with Crippen molar-refractivity contribution in [2.45, 2.75) is 0 Å². The Bertz CT molecular complexity index is 1070. The lowest BCUT2D eigenvalue weighted by molar-refractivity contribution is -0.127. The van der Waals surface area contributed by atoms with Crippen molar-refractivity contribution in [3.63, 3.8) is 0 Å². The van der Waals surface area contributed by atoms with Crippen molar-refractivity contribution in [3.05, 3.63) is 76.0 Å². The van der Waals surface area contributed by atoms with E-state index in [4.69, 9.17) is 0 Å². The molecule has 0 aliphatic carbocycles. The van der Waals surface area contributed by atoms with Crippen molar-refractivity contribution < 1.29 is 22.4 Å². The van der Waals surface area contributed by atoms with E-state index < -0.39 is 27.4 Å². The first-order valence-electron chi connectivity index (χ1n) is 9.24. The Morgan fingerprint density at radius 3 is 2.33 bits per heavy atom. The summed E-state index contributed by atoms with van der Waals surface area (Å²) >= 11 is 3.17. The number of hydrogen-bond acceptors (Lipinski definition) is 4. The maximum atomic E-state index is 13.8. The van der Waals surface area contributed by atoms with E-state index in [9.17, 15) is 22.4 Å². The van der Waals surface area contributed by atoms with Gasteiger partial charge in [-0.1, -0.05) is 52.3 Å². The molecule has 0 radical (unpaired) electrons. The summed E-state index contributed by atoms with van der Waals surface area (Å²) in [5.41, 5.74) is 0.632. The van der Waals surface area contributed by atoms with Crippen LogP contribution in [-0.2, 0) is 14.8 Å². The van der Waals surface area contributed by atoms with Gasteiger partial charge in [-0.25, -0.2) is 12.8 Å². The van der Waals surface area contributed by atoms with Gasteiger partial charge in [-0.15, -0.1) is 0 Å². The number of halogens is 2. The number of Topliss-reactive ketones (excluding diaryl/α,β-unsaturated/α-hetero) is 1. The van der Waals surface area contributed by atoms with Crippen LogP contribution in [0.25, 0.3) is 6.08 Å². The van der Waals surface area contributed by atoms with Crippen molar-refractivity contribution in [1.29, 1.82) is 0 Å². The minimum absolute atomic E-state index is 0.108. The minimum atomic E-state index is -3.77. The second kappa shape index (κ2) is 9.63. The molecule has 0 spiro atoms. The number of nitrogens with zero attached hydrogens (tertiary/aromatic N) is 2. The Morgan fingerprint density at radius 1 is 1.03 bits per heavy atom. The summed E-state index contributed by atoms with van der Waals surface area (Å²) in [7, 11) is -3.77. The normalized spacial score (nSPS) is 15.5. The lowest BCUT2D eigenvalue weighted by Gasteiger charge is -2.33. The molecule has 0 bridgehead atoms. The summed E-state index contributed by atoms with van der Waals surface area (Å²) in [6.07, 6.45) is 2.67. The van der Waals surface area contributed by atoms with Gasteiger partial charge in [-0.05, 0) is 18.2 Å². The Kier molecular flexibility index (Phi) is 7.17. The zero-order chi connectivity index (χ0) is 21.7. The molecule has 6 nitrogen and oxygen atoms in total. The Hall–Kier alpha value is -2.36. The van der Waals surface area contributed by atoms with Crippen LogP contribution in [0.15, 0.2) is 59.1 Å². The summed E-state index contributed by atoms with van der Waals surface area (Å²) in [4.78, 5) is 26.1. The first-order valence-corrected chi connectivity index (χ1v) is 11.6. The molecule has 1 saturated heterocycles. The number of rotatable bonds is 6. The average molecular weight is 495 g/mol. The van der Waals surface area contributed by atoms with Gasteiger partial charge in [0, 0.05) is 47.9 Å². The van der Waals surface area contributed by atoms with Gasteiger partial charge in [-0.2, -0.15) is 4.31 Å². The SMILES string of the molecule is O=C(CS(=O)(=O)N1CCN(C(=O)/C=C/c2ccc(Br)cc2F)CC1)c1ccccc1. The van der Waals surface area contributed by atoms with Crippen molar-refractivity contribution in [3.8, 4) is 0 Å². The standard InChI is InChI=1S/C21H20BrFN2O4S/c22-18-8-6-16(19(23)14-18)7-9-21(27)24-10-12-25(13-11-24)30(28,29)15-20(26)17-4-2-1-3-5-17/h1-9,14H,10-13,15H2/b9-7+. The number of amides is 1. The minimum Gasteiger partial charge on any atom is -0.337 e. The number of ketones is 1. The number of benzene rings is 2. The molecule has 158 valence electrons. The second-order valence-electron chi connectivity index (χ2n) is 6.77. The van der Waals surface area contributed by atoms with E-state index in [0.29, 0.717) is 10.0 Å². The lowest BCUT2D eigenvalue weighted by atomic mass is 10.2. The predicted octanol–water partition coefficient (Wildman–Crippen LogP) is 2.96. The smallest absolute Gasteiger partial charge is 0.246 e. The molecule has 0 N–H and O–H groups in total. The second-order valence-corrected chi connectivity index (χ2v) is 9.65. The van der Waals surface area contributed by atoms with Crippen LogP contribution in [0.2, 0.25) is 0 Å². The van der Waals surface area contributed by atoms with Gasteiger partial charge < -0.3 is 4.90 Å². The number of carbonyl (C=O) groups is 2. The van der Waals surface area contributed by atoms with Gasteiger partial charge in [-0.3, -0.25) is 9.59 Å². The molecular weight excluding hydrogens is 475 g/mol. The Morgan fingerprint density at radius 2 is 1.70 bits per heavy atom. The number of carbonyl (C=O) groups excluding carboxylic acids is 2. The number of piperazine rings is 1. The molecular formula is C21H20BrFN2O4S. The summed E-state index contributed by atoms with van der Waals surface area (Å²) < 4.78 is 40.8. The zero-order valence-electron chi connectivity index (χ0n) is 16.0. The maximum Gasteiger partial charge on any atom is 0.246 e. The van der Waals surface area contributed by atoms with E-state index in [2.05, 4.69) is 15.9 Å². The Labute approximate surface area is 183 Å². The van der Waals surface area contributed by atoms with Crippen LogP contribution in [0.5, 0.6) is 0 Å². The van der Waals surface area contributed by atoms with Crippen LogP contribution in [0, 0.1) is 5.82 Å². The summed E-state index contributed by atoms with van der Waals surface area (Å²) in [6, 6.07) is 12.8. The molecule has 2 aromatic rings. The van der Waals surface area contributed by atoms with Crippen LogP contribution in [-0.4, -0.2) is 61.2 Å². The highest BCUT2D eigenvalue weighted by molar-refractivity contribution is 9.10. The lowest BCUT2D eigenvalue weighted by Crippen LogP contribution is -2.51. The average Bonchev–Trinajstić information content (AvgIpc) is 2.73. The summed E-state index contributed by atoms with van der Waals surface area (Å²) in [5, 5.41) is 0. The largest absolute Gasteiger partial charge is 0.337 e. The summed E-state index contributed by atoms with van der Waals surface area (Å²) in [6.45, 7) is 0.614. The molecule has 1 aliphatic rings. The highest BCUT2D eigenvalue weighted by Gasteiger charge is 2.30. The third kappa shape index (κ3) is 5.62. The number of sulfonamides is 1. The fourth-order valence-electron chi connectivity index (χ4n) is 3.05. The van der Waals surface area contributed by atoms with E-state index in [1.54, 1.807) is 42.5 Å². The predicted molar refractivity (Wildman–Crippen MR) is 116 cm³/mol. The quantitative estimate of drug-likeness (QED) is 0.457. The first-order chi connectivity index (χ1) is 14.3. The van der Waals surface area contributed by atoms with Crippen LogP contribution < -0.4 is 0 Å². The molecule has 2 aromatic carbocycles. The van der Waals surface area contributed by atoms with Crippen LogP contribution in [0.3, 0.4) is 0 Å². The third-order valence-electron chi connectivity index (χ3n) is 4.72. The van der Waals surface area contributed by atoms with Crippen LogP contribution in [0.1, 0.15) is 15.9 Å². The van der Waals surface area contributed by atoms with Gasteiger partial charge in [0.15, 0.2) is 5.78 Å². The van der Waals surface area contributed by atoms with E-state index in [1.165, 1.54) is 27.4 Å². The molecule has 0 atom stereocenters. The van der Waals surface area contributed by atoms with Crippen LogP contribution in [0.4, 0.5) is 4.39 Å².